The summed E-state index contributed by atoms with van der Waals surface area (Å²) in [5, 5.41) is 12.4. The van der Waals surface area contributed by atoms with Gasteiger partial charge >= 0.3 is 5.97 Å². The number of rotatable bonds is 5. The van der Waals surface area contributed by atoms with Crippen molar-refractivity contribution in [2.24, 2.45) is 17.8 Å². The molecule has 2 aliphatic carbocycles. The third kappa shape index (κ3) is 4.40. The first kappa shape index (κ1) is 21.4. The lowest BCUT2D eigenvalue weighted by Gasteiger charge is -2.33. The van der Waals surface area contributed by atoms with Gasteiger partial charge in [0.05, 0.1) is 6.04 Å². The predicted molar refractivity (Wildman–Crippen MR) is 126 cm³/mol. The quantitative estimate of drug-likeness (QED) is 0.712. The molecule has 2 fully saturated rings. The van der Waals surface area contributed by atoms with E-state index >= 15 is 0 Å². The Morgan fingerprint density at radius 3 is 2.66 bits per heavy atom. The number of anilines is 1. The van der Waals surface area contributed by atoms with Gasteiger partial charge in [0, 0.05) is 18.7 Å². The minimum absolute atomic E-state index is 0.0132. The van der Waals surface area contributed by atoms with E-state index in [1.165, 1.54) is 16.7 Å². The van der Waals surface area contributed by atoms with Crippen molar-refractivity contribution in [3.05, 3.63) is 47.6 Å². The lowest BCUT2D eigenvalue weighted by atomic mass is 9.72. The van der Waals surface area contributed by atoms with Crippen molar-refractivity contribution >= 4 is 23.1 Å². The highest BCUT2D eigenvalue weighted by atomic mass is 16.4. The molecule has 1 aromatic rings. The molecule has 0 spiro atoms. The zero-order chi connectivity index (χ0) is 22.1. The molecule has 5 rings (SSSR count). The Morgan fingerprint density at radius 1 is 1.12 bits per heavy atom. The van der Waals surface area contributed by atoms with Gasteiger partial charge in [-0.25, -0.2) is 0 Å². The van der Waals surface area contributed by atoms with E-state index in [-0.39, 0.29) is 11.9 Å². The molecule has 2 N–H and O–H groups in total. The maximum Gasteiger partial charge on any atom is 0.303 e. The number of carboxylic acid groups (broad SMARTS) is 1. The van der Waals surface area contributed by atoms with Crippen molar-refractivity contribution in [3.63, 3.8) is 0 Å². The van der Waals surface area contributed by atoms with Gasteiger partial charge < -0.3 is 15.3 Å². The molecule has 5 nitrogen and oxygen atoms in total. The van der Waals surface area contributed by atoms with Gasteiger partial charge in [-0.15, -0.1) is 0 Å². The zero-order valence-corrected chi connectivity index (χ0v) is 18.8. The van der Waals surface area contributed by atoms with Crippen LogP contribution >= 0.6 is 0 Å². The second-order valence-electron chi connectivity index (χ2n) is 10.0. The summed E-state index contributed by atoms with van der Waals surface area (Å²) in [7, 11) is 0. The molecule has 5 heteroatoms. The normalized spacial score (nSPS) is 29.6. The third-order valence-electron chi connectivity index (χ3n) is 8.03. The number of carbonyl (C=O) groups excluding carboxylic acids is 1. The summed E-state index contributed by atoms with van der Waals surface area (Å²) < 4.78 is 0. The molecular formula is C27H34N2O3. The van der Waals surface area contributed by atoms with E-state index in [9.17, 15) is 9.59 Å². The number of carboxylic acids is 1. The number of hydrogen-bond donors (Lipinski definition) is 2. The summed E-state index contributed by atoms with van der Waals surface area (Å²) >= 11 is 0. The van der Waals surface area contributed by atoms with Crippen LogP contribution in [-0.4, -0.2) is 36.1 Å². The summed E-state index contributed by atoms with van der Waals surface area (Å²) in [5.41, 5.74) is 4.90. The number of nitrogens with zero attached hydrogens (tertiary/aromatic N) is 1. The number of benzene rings is 1. The number of nitrogens with one attached hydrogen (secondary N) is 1. The van der Waals surface area contributed by atoms with E-state index in [1.807, 2.05) is 4.90 Å². The van der Waals surface area contributed by atoms with Crippen molar-refractivity contribution < 1.29 is 14.7 Å². The lowest BCUT2D eigenvalue weighted by molar-refractivity contribution is -0.138. The molecule has 2 unspecified atom stereocenters. The van der Waals surface area contributed by atoms with Gasteiger partial charge in [-0.3, -0.25) is 9.59 Å². The molecule has 0 bridgehead atoms. The third-order valence-corrected chi connectivity index (χ3v) is 8.03. The van der Waals surface area contributed by atoms with E-state index in [2.05, 4.69) is 41.7 Å². The minimum Gasteiger partial charge on any atom is -0.481 e. The summed E-state index contributed by atoms with van der Waals surface area (Å²) in [6.45, 7) is 1.73. The molecule has 4 aliphatic rings. The van der Waals surface area contributed by atoms with Gasteiger partial charge in [0.15, 0.2) is 0 Å². The van der Waals surface area contributed by atoms with E-state index < -0.39 is 5.97 Å². The van der Waals surface area contributed by atoms with Gasteiger partial charge in [0.1, 0.15) is 0 Å². The van der Waals surface area contributed by atoms with E-state index in [1.54, 1.807) is 0 Å². The molecule has 32 heavy (non-hydrogen) atoms. The Kier molecular flexibility index (Phi) is 6.18. The predicted octanol–water partition coefficient (Wildman–Crippen LogP) is 4.57. The average molecular weight is 435 g/mol. The Hall–Kier alpha value is -2.40. The van der Waals surface area contributed by atoms with Crippen LogP contribution in [0.25, 0.3) is 5.57 Å². The molecule has 0 aromatic heterocycles. The van der Waals surface area contributed by atoms with Gasteiger partial charge in [-0.05, 0) is 104 Å². The first-order valence-electron chi connectivity index (χ1n) is 12.4. The SMILES string of the molecule is O=C(O)CC1CCC(C2C=CC(c3ccc4c(c3)CCN4C(=O)C3CCCN3)=CC2)CC1. The van der Waals surface area contributed by atoms with Crippen LogP contribution in [0.4, 0.5) is 5.69 Å². The highest BCUT2D eigenvalue weighted by Gasteiger charge is 2.32. The highest BCUT2D eigenvalue weighted by molar-refractivity contribution is 5.99. The van der Waals surface area contributed by atoms with Crippen LogP contribution in [0.1, 0.15) is 62.5 Å². The fraction of sp³-hybridized carbons (Fsp3) is 0.556. The maximum atomic E-state index is 12.9. The smallest absolute Gasteiger partial charge is 0.303 e. The minimum atomic E-state index is -0.657. The van der Waals surface area contributed by atoms with Gasteiger partial charge in [0.25, 0.3) is 0 Å². The van der Waals surface area contributed by atoms with Crippen molar-refractivity contribution in [1.82, 2.24) is 5.32 Å². The van der Waals surface area contributed by atoms with Crippen molar-refractivity contribution in [1.29, 1.82) is 0 Å². The van der Waals surface area contributed by atoms with Crippen molar-refractivity contribution in [2.45, 2.75) is 63.8 Å². The van der Waals surface area contributed by atoms with E-state index in [4.69, 9.17) is 5.11 Å². The molecule has 170 valence electrons. The molecule has 2 heterocycles. The Bertz CT molecular complexity index is 936. The average Bonchev–Trinajstić information content (AvgIpc) is 3.49. The summed E-state index contributed by atoms with van der Waals surface area (Å²) in [5.74, 6) is 1.19. The zero-order valence-electron chi connectivity index (χ0n) is 18.8. The standard InChI is InChI=1S/C27H34N2O3/c30-26(31)16-18-3-5-19(6-4-18)20-7-9-21(10-8-20)22-11-12-25-23(17-22)13-15-29(25)27(32)24-2-1-14-28-24/h7,9-12,17-20,24,28H,1-6,8,13-16H2,(H,30,31). The molecule has 1 saturated heterocycles. The van der Waals surface area contributed by atoms with Crippen LogP contribution in [0.2, 0.25) is 0 Å². The molecule has 1 saturated carbocycles. The van der Waals surface area contributed by atoms with Crippen LogP contribution in [0.15, 0.2) is 36.4 Å². The number of amides is 1. The fourth-order valence-corrected chi connectivity index (χ4v) is 6.16. The summed E-state index contributed by atoms with van der Waals surface area (Å²) in [6.07, 6.45) is 15.8. The molecule has 1 aromatic carbocycles. The second kappa shape index (κ2) is 9.22. The number of carbonyl (C=O) groups is 2. The monoisotopic (exact) mass is 434 g/mol. The Morgan fingerprint density at radius 2 is 1.97 bits per heavy atom. The molecule has 0 radical (unpaired) electrons. The van der Waals surface area contributed by atoms with E-state index in [0.29, 0.717) is 24.2 Å². The highest BCUT2D eigenvalue weighted by Crippen LogP contribution is 2.40. The number of hydrogen-bond acceptors (Lipinski definition) is 3. The first-order valence-corrected chi connectivity index (χ1v) is 12.4. The van der Waals surface area contributed by atoms with Crippen LogP contribution in [0.3, 0.4) is 0 Å². The Labute approximate surface area is 190 Å². The van der Waals surface area contributed by atoms with E-state index in [0.717, 1.165) is 70.1 Å². The van der Waals surface area contributed by atoms with Crippen molar-refractivity contribution in [3.8, 4) is 0 Å². The van der Waals surface area contributed by atoms with Crippen molar-refractivity contribution in [2.75, 3.05) is 18.0 Å². The Balaban J connectivity index is 1.20. The van der Waals surface area contributed by atoms with Gasteiger partial charge in [0.2, 0.25) is 5.91 Å². The van der Waals surface area contributed by atoms with Crippen LogP contribution in [0, 0.1) is 17.8 Å². The molecular weight excluding hydrogens is 400 g/mol. The van der Waals surface area contributed by atoms with Crippen LogP contribution in [0.5, 0.6) is 0 Å². The largest absolute Gasteiger partial charge is 0.481 e. The fourth-order valence-electron chi connectivity index (χ4n) is 6.16. The van der Waals surface area contributed by atoms with Gasteiger partial charge in [-0.2, -0.15) is 0 Å². The van der Waals surface area contributed by atoms with Crippen LogP contribution in [-0.2, 0) is 16.0 Å². The topological polar surface area (TPSA) is 69.6 Å². The number of aliphatic carboxylic acids is 1. The molecule has 2 aliphatic heterocycles. The number of fused-ring (bicyclic) bond motifs is 1. The lowest BCUT2D eigenvalue weighted by Crippen LogP contribution is -2.42. The van der Waals surface area contributed by atoms with Gasteiger partial charge in [-0.1, -0.05) is 24.3 Å². The summed E-state index contributed by atoms with van der Waals surface area (Å²) in [6, 6.07) is 6.56. The maximum absolute atomic E-state index is 12.9. The number of allylic oxidation sites excluding steroid dienone is 4. The second-order valence-corrected chi connectivity index (χ2v) is 10.0. The molecule has 2 atom stereocenters. The first-order chi connectivity index (χ1) is 15.6. The molecule has 1 amide bonds. The van der Waals surface area contributed by atoms with Crippen LogP contribution < -0.4 is 10.2 Å². The summed E-state index contributed by atoms with van der Waals surface area (Å²) in [4.78, 5) is 25.8.